The predicted molar refractivity (Wildman–Crippen MR) is 132 cm³/mol. The zero-order valence-electron chi connectivity index (χ0n) is 19.4. The first-order valence-corrected chi connectivity index (χ1v) is 12.0. The Balaban J connectivity index is 1.92. The Labute approximate surface area is 222 Å². The summed E-state index contributed by atoms with van der Waals surface area (Å²) < 4.78 is 32.1. The van der Waals surface area contributed by atoms with Gasteiger partial charge in [0.25, 0.3) is 0 Å². The van der Waals surface area contributed by atoms with Crippen LogP contribution >= 0.6 is 0 Å². The molecule has 1 aliphatic rings. The number of nitrogens with zero attached hydrogens (tertiary/aromatic N) is 6. The van der Waals surface area contributed by atoms with Gasteiger partial charge in [-0.2, -0.15) is 8.42 Å². The summed E-state index contributed by atoms with van der Waals surface area (Å²) in [7, 11) is -5.10. The van der Waals surface area contributed by atoms with Gasteiger partial charge in [-0.1, -0.05) is 28.4 Å². The van der Waals surface area contributed by atoms with Gasteiger partial charge in [-0.15, -0.1) is 0 Å². The molecule has 0 saturated carbocycles. The summed E-state index contributed by atoms with van der Waals surface area (Å²) in [5, 5.41) is 46.1. The number of hydrogen-bond donors (Lipinski definition) is 4. The minimum Gasteiger partial charge on any atom is -0.507 e. The van der Waals surface area contributed by atoms with Crippen molar-refractivity contribution in [2.24, 2.45) is 10.2 Å². The van der Waals surface area contributed by atoms with E-state index in [4.69, 9.17) is 15.2 Å². The minimum absolute atomic E-state index is 0.523. The molecule has 0 bridgehead atoms. The molecule has 4 rings (SSSR count). The van der Waals surface area contributed by atoms with Crippen molar-refractivity contribution in [3.8, 4) is 28.7 Å². The van der Waals surface area contributed by atoms with Crippen LogP contribution in [0, 0.1) is 0 Å². The number of rotatable bonds is 7. The van der Waals surface area contributed by atoms with Crippen LogP contribution in [0.2, 0.25) is 0 Å². The molecule has 40 heavy (non-hydrogen) atoms. The Hall–Kier alpha value is -6.02. The summed E-state index contributed by atoms with van der Waals surface area (Å²) in [4.78, 5) is 42.3. The molecule has 16 nitrogen and oxygen atoms in total. The molecule has 0 spiro atoms. The van der Waals surface area contributed by atoms with Gasteiger partial charge in [0.2, 0.25) is 23.1 Å². The third-order valence-corrected chi connectivity index (χ3v) is 6.80. The maximum Gasteiger partial charge on any atom is 0.339 e. The van der Waals surface area contributed by atoms with Crippen LogP contribution in [0.25, 0.3) is 26.6 Å². The summed E-state index contributed by atoms with van der Waals surface area (Å²) in [6.07, 6.45) is 0. The zero-order valence-corrected chi connectivity index (χ0v) is 20.3. The number of allylic oxidation sites excluding steroid dienone is 1. The third kappa shape index (κ3) is 4.35. The van der Waals surface area contributed by atoms with Crippen LogP contribution in [-0.4, -0.2) is 46.2 Å². The largest absolute Gasteiger partial charge is 0.507 e. The number of fused-ring (bicyclic) bond motifs is 1. The lowest BCUT2D eigenvalue weighted by Gasteiger charge is -2.20. The van der Waals surface area contributed by atoms with E-state index in [1.807, 2.05) is 0 Å². The van der Waals surface area contributed by atoms with Gasteiger partial charge in [-0.05, 0) is 41.4 Å². The highest BCUT2D eigenvalue weighted by Crippen LogP contribution is 2.41. The van der Waals surface area contributed by atoms with Crippen molar-refractivity contribution < 1.29 is 47.4 Å². The van der Waals surface area contributed by atoms with E-state index < -0.39 is 94.8 Å². The van der Waals surface area contributed by atoms with Crippen LogP contribution in [0.15, 0.2) is 69.4 Å². The summed E-state index contributed by atoms with van der Waals surface area (Å²) in [5.74, 6) is -8.35. The maximum atomic E-state index is 13.5. The lowest BCUT2D eigenvalue weighted by atomic mass is 9.91. The van der Waals surface area contributed by atoms with Gasteiger partial charge >= 0.3 is 10.1 Å². The average molecular weight is 564 g/mol. The fourth-order valence-electron chi connectivity index (χ4n) is 3.78. The molecule has 0 aromatic heterocycles. The van der Waals surface area contributed by atoms with E-state index >= 15 is 0 Å². The van der Waals surface area contributed by atoms with Crippen LogP contribution in [0.1, 0.15) is 31.8 Å². The number of phenolic OH excluding ortho intramolecular Hbond substituents is 4. The Morgan fingerprint density at radius 3 is 2.12 bits per heavy atom. The molecule has 0 amide bonds. The van der Waals surface area contributed by atoms with Crippen LogP contribution < -0.4 is 4.18 Å². The molecule has 0 fully saturated rings. The van der Waals surface area contributed by atoms with E-state index in [2.05, 4.69) is 20.1 Å². The first-order valence-electron chi connectivity index (χ1n) is 10.6. The molecule has 0 radical (unpaired) electrons. The van der Waals surface area contributed by atoms with Crippen molar-refractivity contribution in [1.29, 1.82) is 0 Å². The molecule has 0 heterocycles. The van der Waals surface area contributed by atoms with Gasteiger partial charge in [0.1, 0.15) is 16.2 Å². The van der Waals surface area contributed by atoms with E-state index in [0.29, 0.717) is 0 Å². The quantitative estimate of drug-likeness (QED) is 0.0615. The number of Topliss-reactive ketones (excluding diaryl/α,β-unsaturated/α-hetero) is 2. The van der Waals surface area contributed by atoms with E-state index in [9.17, 15) is 43.2 Å². The molecule has 200 valence electrons. The number of carbonyl (C=O) groups is 3. The monoisotopic (exact) mass is 564 g/mol. The normalized spacial score (nSPS) is 12.7. The van der Waals surface area contributed by atoms with Crippen molar-refractivity contribution in [3.05, 3.63) is 97.4 Å². The molecular weight excluding hydrogens is 552 g/mol. The first-order chi connectivity index (χ1) is 18.9. The lowest BCUT2D eigenvalue weighted by molar-refractivity contribution is -0.111. The summed E-state index contributed by atoms with van der Waals surface area (Å²) >= 11 is 0. The number of hydrogen-bond acceptors (Lipinski definition) is 12. The molecule has 0 saturated heterocycles. The lowest BCUT2D eigenvalue weighted by Crippen LogP contribution is -2.25. The average Bonchev–Trinajstić information content (AvgIpc) is 2.91. The van der Waals surface area contributed by atoms with Crippen LogP contribution in [-0.2, 0) is 14.9 Å². The summed E-state index contributed by atoms with van der Waals surface area (Å²) in [5.41, 5.74) is 13.5. The van der Waals surface area contributed by atoms with Crippen molar-refractivity contribution in [3.63, 3.8) is 0 Å². The number of phenols is 4. The molecule has 1 aliphatic carbocycles. The molecular formula is C23H12N6O10S. The second kappa shape index (κ2) is 10.0. The number of ketones is 3. The summed E-state index contributed by atoms with van der Waals surface area (Å²) in [6.45, 7) is 0. The fraction of sp³-hybridized carbons (Fsp3) is 0. The predicted octanol–water partition coefficient (Wildman–Crippen LogP) is 3.56. The second-order valence-electron chi connectivity index (χ2n) is 7.76. The highest BCUT2D eigenvalue weighted by atomic mass is 32.2. The number of carbonyl (C=O) groups excluding carboxylic acids is 3. The molecule has 3 aromatic rings. The molecule has 0 unspecified atom stereocenters. The first kappa shape index (κ1) is 27.0. The van der Waals surface area contributed by atoms with Gasteiger partial charge in [-0.25, -0.2) is 0 Å². The highest BCUT2D eigenvalue weighted by Gasteiger charge is 2.37. The molecule has 0 atom stereocenters. The topological polar surface area (TPSA) is 273 Å². The standard InChI is InChI=1S/C23H12N6O10S/c24-28-26-17-15-9(20(33)23(36)18(17)27-29-25)3-1-6-14(15)40(37,38)39-13-5-2-4-11(30)16(13)19(32)10-7-8-12(31)22(35)21(10)34/h1-8,30-31,34-35H. The highest BCUT2D eigenvalue weighted by molar-refractivity contribution is 7.87. The van der Waals surface area contributed by atoms with Gasteiger partial charge in [0, 0.05) is 21.0 Å². The van der Waals surface area contributed by atoms with Crippen molar-refractivity contribution >= 4 is 33.2 Å². The zero-order chi connectivity index (χ0) is 29.4. The number of azide groups is 2. The number of aromatic hydroxyl groups is 4. The Kier molecular flexibility index (Phi) is 6.78. The number of benzene rings is 3. The van der Waals surface area contributed by atoms with Crippen LogP contribution in [0.4, 0.5) is 0 Å². The third-order valence-electron chi connectivity index (χ3n) is 5.52. The molecule has 4 N–H and O–H groups in total. The Bertz CT molecular complexity index is 1900. The van der Waals surface area contributed by atoms with Gasteiger partial charge in [0.15, 0.2) is 17.2 Å². The summed E-state index contributed by atoms with van der Waals surface area (Å²) in [6, 6.07) is 7.84. The van der Waals surface area contributed by atoms with Crippen molar-refractivity contribution in [2.45, 2.75) is 4.90 Å². The molecule has 3 aromatic carbocycles. The Morgan fingerprint density at radius 2 is 1.45 bits per heavy atom. The minimum atomic E-state index is -5.10. The SMILES string of the molecule is [N-]=[N+]=NC1=C(N=[N+]=[N-])c2c(cccc2S(=O)(=O)Oc2cccc(O)c2C(=O)c2ccc(O)c(O)c2O)C(=O)C1=O. The molecule has 17 heteroatoms. The van der Waals surface area contributed by atoms with Gasteiger partial charge in [0.05, 0.1) is 17.0 Å². The van der Waals surface area contributed by atoms with E-state index in [1.54, 1.807) is 0 Å². The van der Waals surface area contributed by atoms with Crippen molar-refractivity contribution in [2.75, 3.05) is 0 Å². The van der Waals surface area contributed by atoms with Crippen LogP contribution in [0.3, 0.4) is 0 Å². The van der Waals surface area contributed by atoms with Crippen LogP contribution in [0.5, 0.6) is 28.7 Å². The smallest absolute Gasteiger partial charge is 0.339 e. The maximum absolute atomic E-state index is 13.5. The van der Waals surface area contributed by atoms with Gasteiger partial charge in [-0.3, -0.25) is 14.4 Å². The van der Waals surface area contributed by atoms with E-state index in [0.717, 1.165) is 48.5 Å². The second-order valence-corrected chi connectivity index (χ2v) is 9.27. The van der Waals surface area contributed by atoms with E-state index in [1.165, 1.54) is 0 Å². The Morgan fingerprint density at radius 1 is 0.800 bits per heavy atom. The van der Waals surface area contributed by atoms with Crippen molar-refractivity contribution in [1.82, 2.24) is 0 Å². The van der Waals surface area contributed by atoms with Gasteiger partial charge < -0.3 is 24.6 Å². The fourth-order valence-corrected chi connectivity index (χ4v) is 4.94. The van der Waals surface area contributed by atoms with E-state index in [-0.39, 0.29) is 0 Å². The molecule has 0 aliphatic heterocycles.